The van der Waals surface area contributed by atoms with Crippen LogP contribution < -0.4 is 9.47 Å². The highest BCUT2D eigenvalue weighted by Gasteiger charge is 2.15. The predicted molar refractivity (Wildman–Crippen MR) is 77.3 cm³/mol. The fourth-order valence-electron chi connectivity index (χ4n) is 2.14. The molecule has 0 aliphatic rings. The van der Waals surface area contributed by atoms with Crippen LogP contribution in [0.3, 0.4) is 0 Å². The van der Waals surface area contributed by atoms with Gasteiger partial charge in [0.2, 0.25) is 0 Å². The Balaban J connectivity index is 1.93. The molecule has 0 bridgehead atoms. The minimum Gasteiger partial charge on any atom is -0.493 e. The molecule has 3 rings (SSSR count). The van der Waals surface area contributed by atoms with E-state index >= 15 is 0 Å². The SMILES string of the molecule is COc1ccccc1OCc1nnc2cccc(C(=O)O)n12. The lowest BCUT2D eigenvalue weighted by Gasteiger charge is -2.10. The summed E-state index contributed by atoms with van der Waals surface area (Å²) >= 11 is 0. The van der Waals surface area contributed by atoms with Crippen molar-refractivity contribution in [2.24, 2.45) is 0 Å². The summed E-state index contributed by atoms with van der Waals surface area (Å²) in [6.07, 6.45) is 0. The third-order valence-electron chi connectivity index (χ3n) is 3.14. The molecular formula is C15H13N3O4. The molecule has 1 N–H and O–H groups in total. The monoisotopic (exact) mass is 299 g/mol. The summed E-state index contributed by atoms with van der Waals surface area (Å²) in [5, 5.41) is 17.2. The quantitative estimate of drug-likeness (QED) is 0.775. The Labute approximate surface area is 125 Å². The summed E-state index contributed by atoms with van der Waals surface area (Å²) in [6.45, 7) is 0.0752. The molecule has 0 aliphatic carbocycles. The summed E-state index contributed by atoms with van der Waals surface area (Å²) in [7, 11) is 1.55. The number of hydrogen-bond acceptors (Lipinski definition) is 5. The van der Waals surface area contributed by atoms with Gasteiger partial charge in [0.1, 0.15) is 12.3 Å². The number of nitrogens with zero attached hydrogens (tertiary/aromatic N) is 3. The minimum absolute atomic E-state index is 0.0752. The molecular weight excluding hydrogens is 286 g/mol. The van der Waals surface area contributed by atoms with Crippen LogP contribution in [-0.2, 0) is 6.61 Å². The number of methoxy groups -OCH3 is 1. The van der Waals surface area contributed by atoms with Gasteiger partial charge >= 0.3 is 5.97 Å². The zero-order chi connectivity index (χ0) is 15.5. The lowest BCUT2D eigenvalue weighted by atomic mass is 10.3. The predicted octanol–water partition coefficient (Wildman–Crippen LogP) is 2.02. The van der Waals surface area contributed by atoms with Crippen LogP contribution >= 0.6 is 0 Å². The molecule has 0 atom stereocenters. The van der Waals surface area contributed by atoms with E-state index in [1.54, 1.807) is 31.4 Å². The molecule has 2 aromatic heterocycles. The average molecular weight is 299 g/mol. The normalized spacial score (nSPS) is 10.6. The largest absolute Gasteiger partial charge is 0.493 e. The first-order valence-corrected chi connectivity index (χ1v) is 6.53. The van der Waals surface area contributed by atoms with E-state index in [9.17, 15) is 9.90 Å². The van der Waals surface area contributed by atoms with Crippen molar-refractivity contribution in [3.63, 3.8) is 0 Å². The van der Waals surface area contributed by atoms with E-state index < -0.39 is 5.97 Å². The third-order valence-corrected chi connectivity index (χ3v) is 3.14. The van der Waals surface area contributed by atoms with Gasteiger partial charge in [-0.15, -0.1) is 10.2 Å². The van der Waals surface area contributed by atoms with Crippen LogP contribution in [0.1, 0.15) is 16.3 Å². The van der Waals surface area contributed by atoms with Crippen LogP contribution in [-0.4, -0.2) is 32.8 Å². The Morgan fingerprint density at radius 1 is 1.14 bits per heavy atom. The van der Waals surface area contributed by atoms with E-state index in [1.165, 1.54) is 10.5 Å². The van der Waals surface area contributed by atoms with Crippen molar-refractivity contribution in [1.82, 2.24) is 14.6 Å². The van der Waals surface area contributed by atoms with E-state index in [0.717, 1.165) is 0 Å². The first-order chi connectivity index (χ1) is 10.7. The second-order valence-electron chi connectivity index (χ2n) is 4.47. The molecule has 0 radical (unpaired) electrons. The van der Waals surface area contributed by atoms with Gasteiger partial charge < -0.3 is 14.6 Å². The topological polar surface area (TPSA) is 86.0 Å². The molecule has 0 amide bonds. The van der Waals surface area contributed by atoms with Crippen molar-refractivity contribution in [2.75, 3.05) is 7.11 Å². The molecule has 7 heteroatoms. The molecule has 2 heterocycles. The van der Waals surface area contributed by atoms with Gasteiger partial charge in [-0.1, -0.05) is 18.2 Å². The van der Waals surface area contributed by atoms with E-state index in [1.807, 2.05) is 12.1 Å². The molecule has 0 saturated heterocycles. The Hall–Kier alpha value is -3.09. The molecule has 0 spiro atoms. The number of carbonyl (C=O) groups is 1. The maximum Gasteiger partial charge on any atom is 0.352 e. The minimum atomic E-state index is -1.05. The second kappa shape index (κ2) is 5.72. The van der Waals surface area contributed by atoms with Crippen molar-refractivity contribution < 1.29 is 19.4 Å². The highest BCUT2D eigenvalue weighted by atomic mass is 16.5. The summed E-state index contributed by atoms with van der Waals surface area (Å²) in [4.78, 5) is 11.3. The van der Waals surface area contributed by atoms with Crippen molar-refractivity contribution in [3.8, 4) is 11.5 Å². The standard InChI is InChI=1S/C15H13N3O4/c1-21-11-6-2-3-7-12(11)22-9-14-17-16-13-8-4-5-10(15(19)20)18(13)14/h2-8H,9H2,1H3,(H,19,20). The number of pyridine rings is 1. The number of ether oxygens (including phenoxy) is 2. The van der Waals surface area contributed by atoms with Crippen LogP contribution in [0, 0.1) is 0 Å². The summed E-state index contributed by atoms with van der Waals surface area (Å²) in [6, 6.07) is 12.0. The Bertz CT molecular complexity index is 829. The number of carboxylic acid groups (broad SMARTS) is 1. The first kappa shape index (κ1) is 13.9. The molecule has 7 nitrogen and oxygen atoms in total. The van der Waals surface area contributed by atoms with Gasteiger partial charge in [0.15, 0.2) is 23.0 Å². The molecule has 0 saturated carbocycles. The summed E-state index contributed by atoms with van der Waals surface area (Å²) in [5.41, 5.74) is 0.541. The molecule has 22 heavy (non-hydrogen) atoms. The maximum absolute atomic E-state index is 11.3. The molecule has 1 aromatic carbocycles. The van der Waals surface area contributed by atoms with Gasteiger partial charge in [0, 0.05) is 0 Å². The lowest BCUT2D eigenvalue weighted by Crippen LogP contribution is -2.09. The molecule has 112 valence electrons. The summed E-state index contributed by atoms with van der Waals surface area (Å²) in [5.74, 6) is 0.493. The van der Waals surface area contributed by atoms with Crippen molar-refractivity contribution >= 4 is 11.6 Å². The van der Waals surface area contributed by atoms with Crippen LogP contribution in [0.15, 0.2) is 42.5 Å². The Morgan fingerprint density at radius 3 is 2.64 bits per heavy atom. The van der Waals surface area contributed by atoms with Crippen molar-refractivity contribution in [3.05, 3.63) is 54.0 Å². The highest BCUT2D eigenvalue weighted by molar-refractivity contribution is 5.86. The van der Waals surface area contributed by atoms with Gasteiger partial charge in [-0.3, -0.25) is 4.40 Å². The Morgan fingerprint density at radius 2 is 1.91 bits per heavy atom. The number of rotatable bonds is 5. The van der Waals surface area contributed by atoms with Crippen molar-refractivity contribution in [1.29, 1.82) is 0 Å². The number of hydrogen-bond donors (Lipinski definition) is 1. The lowest BCUT2D eigenvalue weighted by molar-refractivity contribution is 0.0688. The molecule has 0 fully saturated rings. The number of fused-ring (bicyclic) bond motifs is 1. The molecule has 3 aromatic rings. The smallest absolute Gasteiger partial charge is 0.352 e. The number of para-hydroxylation sites is 2. The Kier molecular flexibility index (Phi) is 3.61. The van der Waals surface area contributed by atoms with E-state index in [4.69, 9.17) is 9.47 Å². The summed E-state index contributed by atoms with van der Waals surface area (Å²) < 4.78 is 12.3. The fraction of sp³-hybridized carbons (Fsp3) is 0.133. The average Bonchev–Trinajstić information content (AvgIpc) is 2.96. The highest BCUT2D eigenvalue weighted by Crippen LogP contribution is 2.26. The van der Waals surface area contributed by atoms with Crippen LogP contribution in [0.2, 0.25) is 0 Å². The zero-order valence-corrected chi connectivity index (χ0v) is 11.8. The first-order valence-electron chi connectivity index (χ1n) is 6.53. The van der Waals surface area contributed by atoms with Gasteiger partial charge in [0.05, 0.1) is 7.11 Å². The third kappa shape index (κ3) is 2.44. The fourth-order valence-corrected chi connectivity index (χ4v) is 2.14. The van der Waals surface area contributed by atoms with E-state index in [0.29, 0.717) is 23.0 Å². The van der Waals surface area contributed by atoms with Crippen LogP contribution in [0.25, 0.3) is 5.65 Å². The van der Waals surface area contributed by atoms with Gasteiger partial charge in [-0.2, -0.15) is 0 Å². The zero-order valence-electron chi connectivity index (χ0n) is 11.8. The van der Waals surface area contributed by atoms with Crippen LogP contribution in [0.4, 0.5) is 0 Å². The van der Waals surface area contributed by atoms with Gasteiger partial charge in [-0.05, 0) is 24.3 Å². The number of aromatic carboxylic acids is 1. The van der Waals surface area contributed by atoms with Gasteiger partial charge in [-0.25, -0.2) is 4.79 Å². The van der Waals surface area contributed by atoms with E-state index in [2.05, 4.69) is 10.2 Å². The maximum atomic E-state index is 11.3. The van der Waals surface area contributed by atoms with Gasteiger partial charge in [0.25, 0.3) is 0 Å². The number of benzene rings is 1. The molecule has 0 aliphatic heterocycles. The van der Waals surface area contributed by atoms with E-state index in [-0.39, 0.29) is 12.3 Å². The number of carboxylic acids is 1. The van der Waals surface area contributed by atoms with Crippen LogP contribution in [0.5, 0.6) is 11.5 Å². The van der Waals surface area contributed by atoms with Crippen molar-refractivity contribution in [2.45, 2.75) is 6.61 Å². The number of aromatic nitrogens is 3. The molecule has 0 unspecified atom stereocenters. The second-order valence-corrected chi connectivity index (χ2v) is 4.47.